The minimum Gasteiger partial charge on any atom is -0.467 e. The summed E-state index contributed by atoms with van der Waals surface area (Å²) < 4.78 is 5.02. The number of aromatic nitrogens is 1. The quantitative estimate of drug-likeness (QED) is 0.557. The van der Waals surface area contributed by atoms with Gasteiger partial charge < -0.3 is 14.6 Å². The monoisotopic (exact) mass is 382 g/mol. The van der Waals surface area contributed by atoms with E-state index in [0.717, 1.165) is 27.7 Å². The van der Waals surface area contributed by atoms with Crippen molar-refractivity contribution in [2.75, 3.05) is 13.0 Å². The zero-order chi connectivity index (χ0) is 19.0. The number of H-pyrrole nitrogens is 1. The summed E-state index contributed by atoms with van der Waals surface area (Å²) in [7, 11) is 1.34. The van der Waals surface area contributed by atoms with E-state index in [1.54, 1.807) is 4.90 Å². The van der Waals surface area contributed by atoms with Gasteiger partial charge in [0, 0.05) is 23.0 Å². The minimum absolute atomic E-state index is 0.202. The summed E-state index contributed by atoms with van der Waals surface area (Å²) in [6.45, 7) is 0. The number of fused-ring (bicyclic) bond motifs is 3. The first-order chi connectivity index (χ1) is 13.2. The summed E-state index contributed by atoms with van der Waals surface area (Å²) in [5, 5.41) is 1.06. The van der Waals surface area contributed by atoms with Gasteiger partial charge in [-0.3, -0.25) is 4.79 Å². The number of nitrogens with zero attached hydrogens (tertiary/aromatic N) is 1. The number of hydrogen-bond donors (Lipinski definition) is 1. The van der Waals surface area contributed by atoms with Crippen molar-refractivity contribution in [2.45, 2.75) is 18.5 Å². The number of hydrogen-bond acceptors (Lipinski definition) is 3. The highest BCUT2D eigenvalue weighted by atomic mass is 35.5. The average Bonchev–Trinajstić information content (AvgIpc) is 3.10. The van der Waals surface area contributed by atoms with Crippen LogP contribution in [0.25, 0.3) is 10.9 Å². The maximum atomic E-state index is 12.8. The molecule has 138 valence electrons. The van der Waals surface area contributed by atoms with Crippen molar-refractivity contribution in [1.82, 2.24) is 9.88 Å². The Hall–Kier alpha value is -2.79. The largest absolute Gasteiger partial charge is 0.467 e. The summed E-state index contributed by atoms with van der Waals surface area (Å²) in [6.07, 6.45) is 0.387. The van der Waals surface area contributed by atoms with Gasteiger partial charge in [-0.05, 0) is 17.2 Å². The van der Waals surface area contributed by atoms with Crippen LogP contribution in [-0.2, 0) is 20.7 Å². The van der Waals surface area contributed by atoms with Gasteiger partial charge >= 0.3 is 5.97 Å². The number of nitrogens with one attached hydrogen (secondary N) is 1. The fourth-order valence-corrected chi connectivity index (χ4v) is 4.11. The van der Waals surface area contributed by atoms with E-state index in [1.807, 2.05) is 54.6 Å². The summed E-state index contributed by atoms with van der Waals surface area (Å²) in [4.78, 5) is 30.4. The molecule has 6 heteroatoms. The average molecular weight is 383 g/mol. The summed E-state index contributed by atoms with van der Waals surface area (Å²) >= 11 is 5.90. The Morgan fingerprint density at radius 1 is 1.15 bits per heavy atom. The van der Waals surface area contributed by atoms with Gasteiger partial charge in [-0.15, -0.1) is 11.6 Å². The van der Waals surface area contributed by atoms with E-state index in [0.29, 0.717) is 6.42 Å². The predicted molar refractivity (Wildman–Crippen MR) is 104 cm³/mol. The van der Waals surface area contributed by atoms with Gasteiger partial charge in [0.25, 0.3) is 0 Å². The number of amides is 1. The van der Waals surface area contributed by atoms with Gasteiger partial charge in [-0.1, -0.05) is 48.5 Å². The van der Waals surface area contributed by atoms with Crippen LogP contribution in [0.1, 0.15) is 22.9 Å². The number of esters is 1. The molecule has 27 heavy (non-hydrogen) atoms. The number of carbonyl (C=O) groups is 2. The van der Waals surface area contributed by atoms with Crippen LogP contribution in [0.5, 0.6) is 0 Å². The lowest BCUT2D eigenvalue weighted by atomic mass is 9.88. The lowest BCUT2D eigenvalue weighted by Crippen LogP contribution is -2.52. The molecule has 0 spiro atoms. The van der Waals surface area contributed by atoms with Gasteiger partial charge in [-0.2, -0.15) is 0 Å². The Balaban J connectivity index is 1.98. The summed E-state index contributed by atoms with van der Waals surface area (Å²) in [5.74, 6) is -0.942. The SMILES string of the molecule is COC(=O)[C@@H]1Cc2c([nH]c3ccccc23)[C@@H](c2ccccc2)N1C(=O)CCl. The van der Waals surface area contributed by atoms with E-state index >= 15 is 0 Å². The topological polar surface area (TPSA) is 62.4 Å². The molecule has 0 bridgehead atoms. The van der Waals surface area contributed by atoms with Gasteiger partial charge in [0.05, 0.1) is 13.2 Å². The van der Waals surface area contributed by atoms with Crippen LogP contribution in [0.4, 0.5) is 0 Å². The lowest BCUT2D eigenvalue weighted by Gasteiger charge is -2.40. The van der Waals surface area contributed by atoms with Crippen molar-refractivity contribution in [2.24, 2.45) is 0 Å². The molecule has 2 aromatic carbocycles. The Morgan fingerprint density at radius 3 is 2.56 bits per heavy atom. The number of ether oxygens (including phenoxy) is 1. The van der Waals surface area contributed by atoms with Crippen molar-refractivity contribution in [3.63, 3.8) is 0 Å². The number of alkyl halides is 1. The highest BCUT2D eigenvalue weighted by molar-refractivity contribution is 6.27. The van der Waals surface area contributed by atoms with Crippen LogP contribution in [0, 0.1) is 0 Å². The number of benzene rings is 2. The molecule has 4 rings (SSSR count). The second-order valence-electron chi connectivity index (χ2n) is 6.55. The van der Waals surface area contributed by atoms with E-state index in [-0.39, 0.29) is 11.8 Å². The Morgan fingerprint density at radius 2 is 1.85 bits per heavy atom. The van der Waals surface area contributed by atoms with Crippen LogP contribution >= 0.6 is 11.6 Å². The number of carbonyl (C=O) groups excluding carboxylic acids is 2. The van der Waals surface area contributed by atoms with Crippen LogP contribution in [0.2, 0.25) is 0 Å². The molecular weight excluding hydrogens is 364 g/mol. The standard InChI is InChI=1S/C21H19ClN2O3/c1-27-21(26)17-11-15-14-9-5-6-10-16(14)23-19(15)20(24(17)18(25)12-22)13-7-3-2-4-8-13/h2-10,17,20,23H,11-12H2,1H3/t17-,20+/m0/s1. The van der Waals surface area contributed by atoms with Crippen LogP contribution in [0.3, 0.4) is 0 Å². The molecule has 0 aliphatic carbocycles. The van der Waals surface area contributed by atoms with Crippen molar-refractivity contribution in [3.05, 3.63) is 71.4 Å². The zero-order valence-electron chi connectivity index (χ0n) is 14.8. The molecule has 0 saturated carbocycles. The first-order valence-electron chi connectivity index (χ1n) is 8.75. The Bertz CT molecular complexity index is 999. The second-order valence-corrected chi connectivity index (χ2v) is 6.82. The molecule has 0 unspecified atom stereocenters. The number of para-hydroxylation sites is 1. The van der Waals surface area contributed by atoms with Crippen molar-refractivity contribution >= 4 is 34.4 Å². The molecule has 0 radical (unpaired) electrons. The third-order valence-electron chi connectivity index (χ3n) is 5.12. The summed E-state index contributed by atoms with van der Waals surface area (Å²) in [6, 6.07) is 16.5. The van der Waals surface area contributed by atoms with Crippen molar-refractivity contribution in [1.29, 1.82) is 0 Å². The molecule has 0 saturated heterocycles. The third kappa shape index (κ3) is 2.88. The fraction of sp³-hybridized carbons (Fsp3) is 0.238. The second kappa shape index (κ2) is 7.08. The van der Waals surface area contributed by atoms with Crippen molar-refractivity contribution < 1.29 is 14.3 Å². The molecule has 3 aromatic rings. The molecule has 1 amide bonds. The van der Waals surface area contributed by atoms with Gasteiger partial charge in [0.1, 0.15) is 11.9 Å². The molecule has 0 fully saturated rings. The maximum absolute atomic E-state index is 12.8. The van der Waals surface area contributed by atoms with E-state index in [1.165, 1.54) is 7.11 Å². The molecule has 2 atom stereocenters. The first-order valence-corrected chi connectivity index (χ1v) is 9.28. The van der Waals surface area contributed by atoms with E-state index < -0.39 is 18.1 Å². The first kappa shape index (κ1) is 17.6. The van der Waals surface area contributed by atoms with Crippen LogP contribution in [-0.4, -0.2) is 40.8 Å². The van der Waals surface area contributed by atoms with Gasteiger partial charge in [-0.25, -0.2) is 4.79 Å². The Labute approximate surface area is 161 Å². The van der Waals surface area contributed by atoms with E-state index in [4.69, 9.17) is 16.3 Å². The molecule has 1 N–H and O–H groups in total. The number of rotatable bonds is 3. The van der Waals surface area contributed by atoms with Gasteiger partial charge in [0.15, 0.2) is 0 Å². The molecular formula is C21H19ClN2O3. The Kier molecular flexibility index (Phi) is 4.62. The van der Waals surface area contributed by atoms with Crippen LogP contribution in [0.15, 0.2) is 54.6 Å². The molecule has 2 heterocycles. The maximum Gasteiger partial charge on any atom is 0.328 e. The lowest BCUT2D eigenvalue weighted by molar-refractivity contribution is -0.154. The summed E-state index contributed by atoms with van der Waals surface area (Å²) in [5.41, 5.74) is 3.85. The smallest absolute Gasteiger partial charge is 0.328 e. The number of halogens is 1. The molecule has 1 aliphatic heterocycles. The number of methoxy groups -OCH3 is 1. The minimum atomic E-state index is -0.724. The van der Waals surface area contributed by atoms with Gasteiger partial charge in [0.2, 0.25) is 5.91 Å². The molecule has 1 aromatic heterocycles. The zero-order valence-corrected chi connectivity index (χ0v) is 15.6. The molecule has 5 nitrogen and oxygen atoms in total. The van der Waals surface area contributed by atoms with E-state index in [2.05, 4.69) is 4.98 Å². The highest BCUT2D eigenvalue weighted by Gasteiger charge is 2.43. The van der Waals surface area contributed by atoms with E-state index in [9.17, 15) is 9.59 Å². The van der Waals surface area contributed by atoms with Crippen molar-refractivity contribution in [3.8, 4) is 0 Å². The third-order valence-corrected chi connectivity index (χ3v) is 5.35. The highest BCUT2D eigenvalue weighted by Crippen LogP contribution is 2.41. The predicted octanol–water partition coefficient (Wildman–Crippen LogP) is 3.42. The normalized spacial score (nSPS) is 19.0. The number of aromatic amines is 1. The van der Waals surface area contributed by atoms with Crippen LogP contribution < -0.4 is 0 Å². The molecule has 1 aliphatic rings. The fourth-order valence-electron chi connectivity index (χ4n) is 3.97.